The molecule has 0 amide bonds. The third-order valence-electron chi connectivity index (χ3n) is 0. The maximum absolute atomic E-state index is 9.18. The van der Waals surface area contributed by atoms with Crippen LogP contribution >= 0.6 is 10.7 Å². The molecule has 0 atom stereocenters. The molecular weight excluding hydrogens is 246 g/mol. The quantitative estimate of drug-likeness (QED) is 0.562. The Kier molecular flexibility index (Phi) is 7.70. The number of hydrogen-bond donors (Lipinski definition) is 1. The molecule has 3 nitrogen and oxygen atoms in total. The van der Waals surface area contributed by atoms with Gasteiger partial charge in [0.2, 0.25) is 0 Å². The fourth-order valence-electron chi connectivity index (χ4n) is 0. The minimum absolute atomic E-state index is 0. The van der Waals surface area contributed by atoms with Crippen molar-refractivity contribution in [3.05, 3.63) is 0 Å². The van der Waals surface area contributed by atoms with Crippen LogP contribution in [0.3, 0.4) is 0 Å². The van der Waals surface area contributed by atoms with Crippen molar-refractivity contribution in [3.63, 3.8) is 0 Å². The summed E-state index contributed by atoms with van der Waals surface area (Å²) in [6, 6.07) is 0. The second kappa shape index (κ2) is 4.16. The third kappa shape index (κ3) is 34.0. The molecule has 6 heteroatoms. The summed E-state index contributed by atoms with van der Waals surface area (Å²) in [7, 11) is 0.586. The van der Waals surface area contributed by atoms with E-state index in [-0.39, 0.29) is 68.9 Å². The number of hydrogen-bond acceptors (Lipinski definition) is 2. The first-order chi connectivity index (χ1) is 2.00. The Morgan fingerprint density at radius 2 is 1.50 bits per heavy atom. The molecule has 0 aliphatic heterocycles. The zero-order chi connectivity index (χ0) is 4.50. The molecule has 0 aliphatic carbocycles. The fourth-order valence-corrected chi connectivity index (χ4v) is 0. The van der Waals surface area contributed by atoms with E-state index < -0.39 is 9.24 Å². The van der Waals surface area contributed by atoms with Crippen LogP contribution < -0.4 is 5.14 Å². The van der Waals surface area contributed by atoms with Crippen LogP contribution in [-0.4, -0.2) is 77.3 Å². The zero-order valence-electron chi connectivity index (χ0n) is 3.18. The summed E-state index contributed by atoms with van der Waals surface area (Å²) in [6.45, 7) is 0. The van der Waals surface area contributed by atoms with Gasteiger partial charge in [-0.3, -0.25) is 0 Å². The summed E-state index contributed by atoms with van der Waals surface area (Å²) in [5.41, 5.74) is 0. The first kappa shape index (κ1) is 11.1. The van der Waals surface area contributed by atoms with Crippen molar-refractivity contribution in [1.29, 1.82) is 0 Å². The van der Waals surface area contributed by atoms with Crippen molar-refractivity contribution in [3.8, 4) is 0 Å². The smallest absolute Gasteiger partial charge is 0.215 e. The van der Waals surface area contributed by atoms with E-state index >= 15 is 0 Å². The predicted octanol–water partition coefficient (Wildman–Crippen LogP) is -0.952. The van der Waals surface area contributed by atoms with Gasteiger partial charge < -0.3 is 0 Å². The van der Waals surface area contributed by atoms with Crippen LogP contribution in [-0.2, 0) is 9.24 Å². The molecule has 0 aromatic carbocycles. The van der Waals surface area contributed by atoms with Crippen molar-refractivity contribution < 1.29 is 8.42 Å². The van der Waals surface area contributed by atoms with Gasteiger partial charge in [0.25, 0.3) is 9.24 Å². The average molecular weight is 248 g/mol. The molecule has 0 saturated carbocycles. The van der Waals surface area contributed by atoms with E-state index in [1.807, 2.05) is 0 Å². The van der Waals surface area contributed by atoms with Crippen molar-refractivity contribution in [2.45, 2.75) is 0 Å². The van der Waals surface area contributed by atoms with Gasteiger partial charge >= 0.3 is 0 Å². The molecule has 0 heterocycles. The van der Waals surface area contributed by atoms with Crippen LogP contribution in [0.25, 0.3) is 0 Å². The molecule has 0 aromatic rings. The van der Waals surface area contributed by atoms with Gasteiger partial charge in [-0.25, -0.2) is 5.14 Å². The normalized spacial score (nSPS) is 9.67. The summed E-state index contributed by atoms with van der Waals surface area (Å²) in [5.74, 6) is 0. The fraction of sp³-hybridized carbons (Fsp3) is 0. The molecule has 0 bridgehead atoms. The second-order valence-corrected chi connectivity index (χ2v) is 2.72. The summed E-state index contributed by atoms with van der Waals surface area (Å²) in [6.07, 6.45) is 0. The van der Waals surface area contributed by atoms with Crippen molar-refractivity contribution in [2.24, 2.45) is 5.14 Å². The van der Waals surface area contributed by atoms with Gasteiger partial charge in [0, 0.05) is 79.6 Å². The van der Waals surface area contributed by atoms with E-state index in [4.69, 9.17) is 0 Å². The molecule has 0 saturated heterocycles. The molecule has 2 N–H and O–H groups in total. The van der Waals surface area contributed by atoms with Gasteiger partial charge in [0.05, 0.1) is 0 Å². The summed E-state index contributed by atoms with van der Waals surface area (Å²) < 4.78 is 18.4. The summed E-state index contributed by atoms with van der Waals surface area (Å²) in [5, 5.41) is 4.09. The van der Waals surface area contributed by atoms with Crippen LogP contribution in [0.15, 0.2) is 0 Å². The Morgan fingerprint density at radius 1 is 1.50 bits per heavy atom. The predicted molar refractivity (Wildman–Crippen MR) is 24.7 cm³/mol. The van der Waals surface area contributed by atoms with E-state index in [1.165, 1.54) is 0 Å². The molecule has 33 valence electrons. The molecule has 0 unspecified atom stereocenters. The number of rotatable bonds is 0. The van der Waals surface area contributed by atoms with Crippen LogP contribution in [0.5, 0.6) is 0 Å². The molecule has 1 radical (unpaired) electrons. The number of nitrogens with two attached hydrogens (primary N) is 1. The molecule has 0 spiro atoms. The summed E-state index contributed by atoms with van der Waals surface area (Å²) >= 11 is 0. The van der Waals surface area contributed by atoms with E-state index in [1.54, 1.807) is 0 Å². The first-order valence-electron chi connectivity index (χ1n) is 0.723. The van der Waals surface area contributed by atoms with E-state index in [2.05, 4.69) is 15.8 Å². The van der Waals surface area contributed by atoms with Crippen molar-refractivity contribution >= 4 is 88.8 Å². The van der Waals surface area contributed by atoms with Crippen LogP contribution in [0.2, 0.25) is 0 Å². The molecular formula is H2ClCsNO2S. The standard InChI is InChI=1S/ClH2NO2S.Cs/c1-5(2,3)4;/h(H2,2,3,4);. The second-order valence-electron chi connectivity index (χ2n) is 0.476. The first-order valence-corrected chi connectivity index (χ1v) is 3.10. The number of halogens is 1. The van der Waals surface area contributed by atoms with Gasteiger partial charge in [0.1, 0.15) is 0 Å². The average Bonchev–Trinajstić information content (AvgIpc) is 0.722. The molecule has 0 rings (SSSR count). The van der Waals surface area contributed by atoms with Crippen LogP contribution in [0.1, 0.15) is 0 Å². The maximum atomic E-state index is 9.18. The topological polar surface area (TPSA) is 60.2 Å². The maximum Gasteiger partial charge on any atom is 0.294 e. The largest absolute Gasteiger partial charge is 0.294 e. The Hall–Kier alpha value is 2.25. The minimum Gasteiger partial charge on any atom is -0.215 e. The van der Waals surface area contributed by atoms with Crippen LogP contribution in [0, 0.1) is 0 Å². The Balaban J connectivity index is 0. The monoisotopic (exact) mass is 248 g/mol. The Morgan fingerprint density at radius 3 is 1.50 bits per heavy atom. The van der Waals surface area contributed by atoms with E-state index in [0.717, 1.165) is 0 Å². The van der Waals surface area contributed by atoms with E-state index in [9.17, 15) is 8.42 Å². The third-order valence-corrected chi connectivity index (χ3v) is 0. The Labute approximate surface area is 99.6 Å². The van der Waals surface area contributed by atoms with Gasteiger partial charge in [0.15, 0.2) is 0 Å². The molecule has 0 aromatic heterocycles. The van der Waals surface area contributed by atoms with Gasteiger partial charge in [-0.2, -0.15) is 8.42 Å². The molecule has 0 aliphatic rings. The Bertz CT molecular complexity index is 96.7. The van der Waals surface area contributed by atoms with Crippen molar-refractivity contribution in [2.75, 3.05) is 0 Å². The SMILES string of the molecule is NS(=O)(=O)Cl.[Cs]. The van der Waals surface area contributed by atoms with E-state index in [0.29, 0.717) is 0 Å². The van der Waals surface area contributed by atoms with Crippen molar-refractivity contribution in [1.82, 2.24) is 0 Å². The minimum atomic E-state index is -3.69. The van der Waals surface area contributed by atoms with Gasteiger partial charge in [-0.15, -0.1) is 0 Å². The summed E-state index contributed by atoms with van der Waals surface area (Å²) in [4.78, 5) is 0. The molecule has 6 heavy (non-hydrogen) atoms. The molecule has 0 fully saturated rings. The van der Waals surface area contributed by atoms with Crippen LogP contribution in [0.4, 0.5) is 0 Å². The van der Waals surface area contributed by atoms with Gasteiger partial charge in [-0.05, 0) is 0 Å². The zero-order valence-corrected chi connectivity index (χ0v) is 11.0. The van der Waals surface area contributed by atoms with Gasteiger partial charge in [-0.1, -0.05) is 0 Å².